The predicted molar refractivity (Wildman–Crippen MR) is 65.3 cm³/mol. The van der Waals surface area contributed by atoms with Gasteiger partial charge in [0.25, 0.3) is 0 Å². The summed E-state index contributed by atoms with van der Waals surface area (Å²) in [7, 11) is 0. The number of carbonyl (C=O) groups is 2. The fourth-order valence-electron chi connectivity index (χ4n) is 1.63. The van der Waals surface area contributed by atoms with Crippen LogP contribution in [-0.4, -0.2) is 80.2 Å². The fraction of sp³-hybridized carbons (Fsp3) is 0.500. The Kier molecular flexibility index (Phi) is 14.5. The van der Waals surface area contributed by atoms with Gasteiger partial charge in [0.15, 0.2) is 12.2 Å². The van der Waals surface area contributed by atoms with Gasteiger partial charge in [-0.2, -0.15) is 0 Å². The Morgan fingerprint density at radius 2 is 1.08 bits per heavy atom. The first-order valence-corrected chi connectivity index (χ1v) is 6.35. The van der Waals surface area contributed by atoms with Crippen molar-refractivity contribution in [3.63, 3.8) is 0 Å². The second kappa shape index (κ2) is 13.0. The molecule has 0 aromatic rings. The molecule has 2 aliphatic rings. The Bertz CT molecular complexity index is 525. The Balaban J connectivity index is 0. The van der Waals surface area contributed by atoms with Crippen LogP contribution in [0.1, 0.15) is 0 Å². The van der Waals surface area contributed by atoms with E-state index in [1.807, 2.05) is 0 Å². The summed E-state index contributed by atoms with van der Waals surface area (Å²) >= 11 is 0. The summed E-state index contributed by atoms with van der Waals surface area (Å²) in [5, 5.41) is 73.5. The molecule has 0 saturated carbocycles. The zero-order chi connectivity index (χ0) is 18.6. The smallest absolute Gasteiger partial charge is 0.865 e. The van der Waals surface area contributed by atoms with Crippen molar-refractivity contribution in [2.45, 2.75) is 24.4 Å². The minimum Gasteiger partial charge on any atom is -0.865 e. The van der Waals surface area contributed by atoms with Gasteiger partial charge in [-0.3, -0.25) is 0 Å². The van der Waals surface area contributed by atoms with Crippen LogP contribution in [0.4, 0.5) is 0 Å². The first-order chi connectivity index (χ1) is 11.1. The first kappa shape index (κ1) is 28.9. The third-order valence-electron chi connectivity index (χ3n) is 2.92. The minimum absolute atomic E-state index is 0. The molecule has 136 valence electrons. The van der Waals surface area contributed by atoms with E-state index in [2.05, 4.69) is 9.47 Å². The zero-order valence-corrected chi connectivity index (χ0v) is 20.1. The Morgan fingerprint density at radius 1 is 0.808 bits per heavy atom. The van der Waals surface area contributed by atoms with Gasteiger partial charge in [-0.15, -0.1) is 0 Å². The van der Waals surface area contributed by atoms with Crippen molar-refractivity contribution in [2.75, 3.05) is 13.2 Å². The Hall–Kier alpha value is 0.733. The van der Waals surface area contributed by atoms with E-state index in [9.17, 15) is 19.8 Å². The van der Waals surface area contributed by atoms with Crippen molar-refractivity contribution in [1.29, 1.82) is 0 Å². The van der Waals surface area contributed by atoms with E-state index in [1.165, 1.54) is 0 Å². The largest absolute Gasteiger partial charge is 1.00 e. The van der Waals surface area contributed by atoms with Gasteiger partial charge in [-0.1, -0.05) is 0 Å². The number of esters is 2. The molecule has 0 aromatic carbocycles. The third-order valence-corrected chi connectivity index (χ3v) is 2.92. The van der Waals surface area contributed by atoms with Gasteiger partial charge in [-0.05, 0) is 0 Å². The average Bonchev–Trinajstić information content (AvgIpc) is 2.98. The van der Waals surface area contributed by atoms with Crippen LogP contribution in [0.2, 0.25) is 0 Å². The summed E-state index contributed by atoms with van der Waals surface area (Å²) in [4.78, 5) is 20.9. The molecule has 26 heavy (non-hydrogen) atoms. The van der Waals surface area contributed by atoms with E-state index >= 15 is 0 Å². The molecular formula is C12H14K2O12. The van der Waals surface area contributed by atoms with E-state index in [-0.39, 0.29) is 103 Å². The minimum atomic E-state index is -1.46. The monoisotopic (exact) mass is 428 g/mol. The molecule has 4 atom stereocenters. The second-order valence-corrected chi connectivity index (χ2v) is 4.58. The van der Waals surface area contributed by atoms with Crippen LogP contribution in [-0.2, 0) is 19.1 Å². The van der Waals surface area contributed by atoms with E-state index in [0.717, 1.165) is 0 Å². The van der Waals surface area contributed by atoms with Crippen LogP contribution in [0.5, 0.6) is 0 Å². The van der Waals surface area contributed by atoms with E-state index in [1.54, 1.807) is 0 Å². The number of ether oxygens (including phenoxy) is 2. The van der Waals surface area contributed by atoms with E-state index in [0.29, 0.717) is 0 Å². The second-order valence-electron chi connectivity index (χ2n) is 4.58. The van der Waals surface area contributed by atoms with Gasteiger partial charge in [0, 0.05) is 11.5 Å². The molecule has 12 nitrogen and oxygen atoms in total. The molecule has 14 heteroatoms. The van der Waals surface area contributed by atoms with Gasteiger partial charge >= 0.3 is 115 Å². The molecule has 0 saturated heterocycles. The quantitative estimate of drug-likeness (QED) is 0.181. The molecule has 6 N–H and O–H groups in total. The van der Waals surface area contributed by atoms with Gasteiger partial charge in [0.1, 0.15) is 23.7 Å². The van der Waals surface area contributed by atoms with Crippen molar-refractivity contribution >= 4 is 11.9 Å². The molecule has 0 radical (unpaired) electrons. The Labute approximate surface area is 231 Å². The van der Waals surface area contributed by atoms with E-state index < -0.39 is 72.6 Å². The molecule has 2 rings (SSSR count). The van der Waals surface area contributed by atoms with Gasteiger partial charge in [0.05, 0.1) is 13.2 Å². The first-order valence-electron chi connectivity index (χ1n) is 6.35. The molecular weight excluding hydrogens is 414 g/mol. The van der Waals surface area contributed by atoms with Gasteiger partial charge < -0.3 is 50.3 Å². The predicted octanol–water partition coefficient (Wildman–Crippen LogP) is -11.2. The maximum atomic E-state index is 10.6. The molecule has 0 spiro atoms. The maximum absolute atomic E-state index is 10.6. The molecule has 2 heterocycles. The van der Waals surface area contributed by atoms with Crippen molar-refractivity contribution in [3.05, 3.63) is 23.0 Å². The SMILES string of the molecule is O=C1O[C@H]([C@@H](O)CO)C(O)=C1[O-].O=C1O[C@H]([C@@H](O)CO)C(O)=C1[O-].[K+].[K+]. The zero-order valence-electron chi connectivity index (χ0n) is 13.9. The summed E-state index contributed by atoms with van der Waals surface area (Å²) in [6.07, 6.45) is -5.76. The molecule has 0 aromatic heterocycles. The van der Waals surface area contributed by atoms with Crippen molar-refractivity contribution in [2.24, 2.45) is 0 Å². The number of hydrogen-bond acceptors (Lipinski definition) is 12. The van der Waals surface area contributed by atoms with Crippen molar-refractivity contribution < 1.29 is 163 Å². The normalized spacial score (nSPS) is 23.8. The fourth-order valence-corrected chi connectivity index (χ4v) is 1.63. The summed E-state index contributed by atoms with van der Waals surface area (Å²) in [6, 6.07) is 0. The molecule has 0 bridgehead atoms. The van der Waals surface area contributed by atoms with Gasteiger partial charge in [-0.25, -0.2) is 9.59 Å². The number of cyclic esters (lactones) is 2. The number of rotatable bonds is 4. The summed E-state index contributed by atoms with van der Waals surface area (Å²) < 4.78 is 8.51. The summed E-state index contributed by atoms with van der Waals surface area (Å²) in [6.45, 7) is -1.40. The maximum Gasteiger partial charge on any atom is 1.00 e. The molecule has 0 aliphatic carbocycles. The molecule has 2 aliphatic heterocycles. The van der Waals surface area contributed by atoms with Crippen LogP contribution in [0.15, 0.2) is 23.0 Å². The standard InChI is InChI=1S/2C6H8O6.2K/c2*7-1-2(8)5-3(9)4(10)6(11)12-5;;/h2*2,5,7-10H,1H2;;/q;;2*+1/p-2/t2*2-,5+;;/m00../s1. The van der Waals surface area contributed by atoms with Crippen LogP contribution < -0.4 is 113 Å². The van der Waals surface area contributed by atoms with Crippen molar-refractivity contribution in [1.82, 2.24) is 0 Å². The number of carbonyl (C=O) groups excluding carboxylic acids is 2. The van der Waals surface area contributed by atoms with Crippen molar-refractivity contribution in [3.8, 4) is 0 Å². The van der Waals surface area contributed by atoms with Crippen LogP contribution in [0.25, 0.3) is 0 Å². The summed E-state index contributed by atoms with van der Waals surface area (Å²) in [5.41, 5.74) is 0. The van der Waals surface area contributed by atoms with E-state index in [4.69, 9.17) is 30.6 Å². The van der Waals surface area contributed by atoms with Gasteiger partial charge in [0.2, 0.25) is 0 Å². The number of aliphatic hydroxyl groups excluding tert-OH is 6. The number of hydrogen-bond donors (Lipinski definition) is 6. The third kappa shape index (κ3) is 6.96. The summed E-state index contributed by atoms with van der Waals surface area (Å²) in [5.74, 6) is -6.50. The average molecular weight is 428 g/mol. The number of aliphatic hydroxyl groups is 6. The van der Waals surface area contributed by atoms with Crippen LogP contribution in [0, 0.1) is 0 Å². The topological polar surface area (TPSA) is 220 Å². The molecule has 0 unspecified atom stereocenters. The molecule has 0 fully saturated rings. The van der Waals surface area contributed by atoms with Crippen LogP contribution in [0.3, 0.4) is 0 Å². The molecule has 0 amide bonds. The Morgan fingerprint density at radius 3 is 1.23 bits per heavy atom. The van der Waals surface area contributed by atoms with Crippen LogP contribution >= 0.6 is 0 Å².